The van der Waals surface area contributed by atoms with E-state index in [1.807, 2.05) is 0 Å². The number of rotatable bonds is 5. The number of carbonyl (C=O) groups is 1. The smallest absolute Gasteiger partial charge is 0.384 e. The summed E-state index contributed by atoms with van der Waals surface area (Å²) >= 11 is 5.95. The summed E-state index contributed by atoms with van der Waals surface area (Å²) in [6.07, 6.45) is -4.64. The molecule has 0 spiro atoms. The lowest BCUT2D eigenvalue weighted by atomic mass is 9.96. The Morgan fingerprint density at radius 2 is 2.07 bits per heavy atom. The van der Waals surface area contributed by atoms with Gasteiger partial charge in [-0.25, -0.2) is 0 Å². The minimum absolute atomic E-state index is 0.209. The topological polar surface area (TPSA) is 65.4 Å². The van der Waals surface area contributed by atoms with E-state index >= 15 is 0 Å². The van der Waals surface area contributed by atoms with E-state index in [0.29, 0.717) is 22.9 Å². The Bertz CT molecular complexity index is 975. The number of carbonyl (C=O) groups excluding carboxylic acids is 1. The Morgan fingerprint density at radius 1 is 1.30 bits per heavy atom. The van der Waals surface area contributed by atoms with E-state index in [1.54, 1.807) is 35.2 Å². The van der Waals surface area contributed by atoms with Gasteiger partial charge in [-0.05, 0) is 36.4 Å². The Labute approximate surface area is 177 Å². The highest BCUT2D eigenvalue weighted by atomic mass is 35.5. The van der Waals surface area contributed by atoms with Crippen LogP contribution in [0.4, 0.5) is 24.5 Å². The van der Waals surface area contributed by atoms with Crippen molar-refractivity contribution in [2.75, 3.05) is 37.0 Å². The predicted molar refractivity (Wildman–Crippen MR) is 107 cm³/mol. The van der Waals surface area contributed by atoms with Crippen molar-refractivity contribution in [2.45, 2.75) is 6.18 Å². The molecule has 0 aromatic heterocycles. The summed E-state index contributed by atoms with van der Waals surface area (Å²) in [5.41, 5.74) is -0.577. The molecule has 158 valence electrons. The van der Waals surface area contributed by atoms with Crippen molar-refractivity contribution in [2.24, 2.45) is 11.8 Å². The zero-order valence-electron chi connectivity index (χ0n) is 16.0. The Kier molecular flexibility index (Phi) is 6.54. The van der Waals surface area contributed by atoms with Crippen molar-refractivity contribution in [3.8, 4) is 6.07 Å². The lowest BCUT2D eigenvalue weighted by Crippen LogP contribution is -2.31. The Hall–Kier alpha value is -2.76. The predicted octanol–water partition coefficient (Wildman–Crippen LogP) is 4.57. The normalized spacial score (nSPS) is 18.9. The molecule has 1 fully saturated rings. The van der Waals surface area contributed by atoms with Gasteiger partial charge in [0.2, 0.25) is 5.91 Å². The lowest BCUT2D eigenvalue weighted by molar-refractivity contribution is -0.137. The van der Waals surface area contributed by atoms with Crippen LogP contribution in [0.3, 0.4) is 0 Å². The fourth-order valence-electron chi connectivity index (χ4n) is 3.62. The molecular weight excluding hydrogens is 419 g/mol. The molecule has 0 saturated carbocycles. The number of anilines is 2. The van der Waals surface area contributed by atoms with E-state index in [2.05, 4.69) is 5.32 Å². The molecule has 30 heavy (non-hydrogen) atoms. The maximum atomic E-state index is 13.3. The van der Waals surface area contributed by atoms with Crippen LogP contribution in [-0.4, -0.2) is 32.7 Å². The Morgan fingerprint density at radius 3 is 2.70 bits per heavy atom. The van der Waals surface area contributed by atoms with Gasteiger partial charge in [0, 0.05) is 42.5 Å². The molecule has 0 radical (unpaired) electrons. The molecule has 0 aliphatic carbocycles. The SMILES string of the molecule is COC[C@H]1CN(c2ccc(C#N)c(C(F)(F)F)c2)C[C@@H]1C(=O)Nc1cccc(Cl)c1. The summed E-state index contributed by atoms with van der Waals surface area (Å²) in [6.45, 7) is 0.862. The number of ether oxygens (including phenoxy) is 1. The van der Waals surface area contributed by atoms with Crippen molar-refractivity contribution in [1.82, 2.24) is 0 Å². The van der Waals surface area contributed by atoms with Crippen LogP contribution in [0.15, 0.2) is 42.5 Å². The maximum absolute atomic E-state index is 13.3. The first-order valence-electron chi connectivity index (χ1n) is 9.14. The fraction of sp³-hybridized carbons (Fsp3) is 0.333. The molecule has 5 nitrogen and oxygen atoms in total. The van der Waals surface area contributed by atoms with Gasteiger partial charge in [0.05, 0.1) is 29.7 Å². The monoisotopic (exact) mass is 437 g/mol. The molecule has 0 bridgehead atoms. The summed E-state index contributed by atoms with van der Waals surface area (Å²) in [4.78, 5) is 14.6. The molecule has 2 aromatic carbocycles. The average molecular weight is 438 g/mol. The first kappa shape index (κ1) is 21.9. The molecule has 1 heterocycles. The van der Waals surface area contributed by atoms with Gasteiger partial charge < -0.3 is 15.0 Å². The molecule has 1 amide bonds. The van der Waals surface area contributed by atoms with Gasteiger partial charge in [-0.15, -0.1) is 0 Å². The summed E-state index contributed by atoms with van der Waals surface area (Å²) in [5.74, 6) is -0.959. The lowest BCUT2D eigenvalue weighted by Gasteiger charge is -2.20. The van der Waals surface area contributed by atoms with Crippen molar-refractivity contribution in [3.05, 3.63) is 58.6 Å². The molecule has 1 saturated heterocycles. The molecule has 3 rings (SSSR count). The van der Waals surface area contributed by atoms with Crippen LogP contribution in [0.5, 0.6) is 0 Å². The minimum Gasteiger partial charge on any atom is -0.384 e. The summed E-state index contributed by atoms with van der Waals surface area (Å²) in [5, 5.41) is 12.3. The van der Waals surface area contributed by atoms with Crippen LogP contribution in [0.25, 0.3) is 0 Å². The standard InChI is InChI=1S/C21H19ClF3N3O2/c1-30-12-14-10-28(17-6-5-13(9-26)19(8-17)21(23,24)25)11-18(14)20(29)27-16-4-2-3-15(22)7-16/h2-8,14,18H,10-12H2,1H3,(H,27,29)/t14-,18+/m1/s1. The third kappa shape index (κ3) is 4.86. The van der Waals surface area contributed by atoms with Crippen molar-refractivity contribution in [1.29, 1.82) is 5.26 Å². The van der Waals surface area contributed by atoms with Crippen LogP contribution >= 0.6 is 11.6 Å². The van der Waals surface area contributed by atoms with E-state index in [4.69, 9.17) is 21.6 Å². The average Bonchev–Trinajstić information content (AvgIpc) is 3.11. The number of nitrogens with one attached hydrogen (secondary N) is 1. The number of hydrogen-bond donors (Lipinski definition) is 1. The van der Waals surface area contributed by atoms with Crippen molar-refractivity contribution >= 4 is 28.9 Å². The molecule has 9 heteroatoms. The van der Waals surface area contributed by atoms with Gasteiger partial charge in [-0.2, -0.15) is 18.4 Å². The van der Waals surface area contributed by atoms with E-state index in [0.717, 1.165) is 12.1 Å². The first-order valence-corrected chi connectivity index (χ1v) is 9.52. The number of halogens is 4. The summed E-state index contributed by atoms with van der Waals surface area (Å²) in [7, 11) is 1.51. The van der Waals surface area contributed by atoms with E-state index in [-0.39, 0.29) is 25.0 Å². The zero-order chi connectivity index (χ0) is 21.9. The number of benzene rings is 2. The first-order chi connectivity index (χ1) is 14.2. The molecule has 0 unspecified atom stereocenters. The second kappa shape index (κ2) is 8.94. The number of hydrogen-bond acceptors (Lipinski definition) is 4. The zero-order valence-corrected chi connectivity index (χ0v) is 16.8. The van der Waals surface area contributed by atoms with Crippen LogP contribution in [0.2, 0.25) is 5.02 Å². The van der Waals surface area contributed by atoms with Crippen LogP contribution in [0.1, 0.15) is 11.1 Å². The quantitative estimate of drug-likeness (QED) is 0.744. The number of methoxy groups -OCH3 is 1. The number of nitrogens with zero attached hydrogens (tertiary/aromatic N) is 2. The van der Waals surface area contributed by atoms with Crippen LogP contribution < -0.4 is 10.2 Å². The summed E-state index contributed by atoms with van der Waals surface area (Å²) in [6, 6.07) is 11.9. The van der Waals surface area contributed by atoms with Crippen molar-refractivity contribution < 1.29 is 22.7 Å². The minimum atomic E-state index is -4.64. The molecular formula is C21H19ClF3N3O2. The Balaban J connectivity index is 1.83. The number of alkyl halides is 3. The van der Waals surface area contributed by atoms with Gasteiger partial charge in [0.25, 0.3) is 0 Å². The number of amides is 1. The molecule has 2 atom stereocenters. The van der Waals surface area contributed by atoms with E-state index in [1.165, 1.54) is 13.2 Å². The van der Waals surface area contributed by atoms with E-state index < -0.39 is 23.2 Å². The third-order valence-corrected chi connectivity index (χ3v) is 5.28. The second-order valence-corrected chi connectivity index (χ2v) is 7.50. The molecule has 2 aromatic rings. The van der Waals surface area contributed by atoms with Crippen molar-refractivity contribution in [3.63, 3.8) is 0 Å². The molecule has 1 aliphatic rings. The molecule has 1 N–H and O–H groups in total. The highest BCUT2D eigenvalue weighted by Crippen LogP contribution is 2.36. The largest absolute Gasteiger partial charge is 0.417 e. The van der Waals surface area contributed by atoms with Gasteiger partial charge in [0.1, 0.15) is 0 Å². The third-order valence-electron chi connectivity index (χ3n) is 5.04. The fourth-order valence-corrected chi connectivity index (χ4v) is 3.81. The van der Waals surface area contributed by atoms with E-state index in [9.17, 15) is 18.0 Å². The van der Waals surface area contributed by atoms with Gasteiger partial charge >= 0.3 is 6.18 Å². The second-order valence-electron chi connectivity index (χ2n) is 7.07. The van der Waals surface area contributed by atoms with Crippen LogP contribution in [0, 0.1) is 23.2 Å². The highest BCUT2D eigenvalue weighted by Gasteiger charge is 2.39. The highest BCUT2D eigenvalue weighted by molar-refractivity contribution is 6.30. The summed E-state index contributed by atoms with van der Waals surface area (Å²) < 4.78 is 45.2. The molecule has 1 aliphatic heterocycles. The van der Waals surface area contributed by atoms with Gasteiger partial charge in [-0.1, -0.05) is 17.7 Å². The maximum Gasteiger partial charge on any atom is 0.417 e. The van der Waals surface area contributed by atoms with Gasteiger partial charge in [-0.3, -0.25) is 4.79 Å². The van der Waals surface area contributed by atoms with Gasteiger partial charge in [0.15, 0.2) is 0 Å². The van der Waals surface area contributed by atoms with Crippen LogP contribution in [-0.2, 0) is 15.7 Å². The number of nitriles is 1.